The summed E-state index contributed by atoms with van der Waals surface area (Å²) in [5.41, 5.74) is 2.74. The number of carbonyl (C=O) groups excluding carboxylic acids is 2. The molecule has 6 aliphatic rings. The Bertz CT molecular complexity index is 1980. The van der Waals surface area contributed by atoms with Gasteiger partial charge in [0.15, 0.2) is 0 Å². The first-order chi connectivity index (χ1) is 26.8. The van der Waals surface area contributed by atoms with Gasteiger partial charge in [0.2, 0.25) is 15.9 Å². The van der Waals surface area contributed by atoms with Crippen LogP contribution in [-0.2, 0) is 31.4 Å². The lowest BCUT2D eigenvalue weighted by Crippen LogP contribution is -2.65. The number of ether oxygens (including phenoxy) is 2. The van der Waals surface area contributed by atoms with E-state index in [1.165, 1.54) is 11.1 Å². The summed E-state index contributed by atoms with van der Waals surface area (Å²) in [6.45, 7) is 13.1. The Morgan fingerprint density at radius 1 is 1.05 bits per heavy atom. The van der Waals surface area contributed by atoms with Crippen LogP contribution in [0.25, 0.3) is 0 Å². The molecule has 0 unspecified atom stereocenters. The van der Waals surface area contributed by atoms with Gasteiger partial charge >= 0.3 is 0 Å². The molecule has 8 rings (SSSR count). The van der Waals surface area contributed by atoms with Crippen LogP contribution in [0.4, 0.5) is 5.69 Å². The highest BCUT2D eigenvalue weighted by atomic mass is 35.5. The Balaban J connectivity index is 1.17. The molecule has 304 valence electrons. The number of fused-ring (bicyclic) bond motifs is 5. The number of benzene rings is 2. The molecule has 13 heteroatoms. The minimum atomic E-state index is -3.99. The quantitative estimate of drug-likeness (QED) is 0.423. The van der Waals surface area contributed by atoms with Crippen LogP contribution in [0, 0.1) is 17.8 Å². The number of amides is 2. The van der Waals surface area contributed by atoms with E-state index in [1.807, 2.05) is 37.1 Å². The third-order valence-electron chi connectivity index (χ3n) is 14.3. The van der Waals surface area contributed by atoms with E-state index in [2.05, 4.69) is 43.7 Å². The van der Waals surface area contributed by atoms with E-state index in [0.717, 1.165) is 88.6 Å². The molecule has 1 N–H and O–H groups in total. The average molecular weight is 808 g/mol. The summed E-state index contributed by atoms with van der Waals surface area (Å²) in [6, 6.07) is 11.9. The molecule has 2 saturated heterocycles. The third-order valence-corrected chi connectivity index (χ3v) is 16.5. The highest BCUT2D eigenvalue weighted by molar-refractivity contribution is 7.90. The van der Waals surface area contributed by atoms with Crippen molar-refractivity contribution in [3.05, 3.63) is 70.3 Å². The fraction of sp³-hybridized carbons (Fsp3) is 0.628. The zero-order valence-electron chi connectivity index (χ0n) is 33.3. The van der Waals surface area contributed by atoms with Crippen LogP contribution in [0.15, 0.2) is 48.6 Å². The predicted molar refractivity (Wildman–Crippen MR) is 219 cm³/mol. The maximum absolute atomic E-state index is 13.7. The Labute approximate surface area is 337 Å². The smallest absolute Gasteiger partial charge is 0.264 e. The van der Waals surface area contributed by atoms with Gasteiger partial charge in [0.05, 0.1) is 17.5 Å². The number of halogens is 1. The number of allylic oxidation sites excluding steroid dienone is 1. The van der Waals surface area contributed by atoms with Gasteiger partial charge in [-0.15, -0.1) is 0 Å². The summed E-state index contributed by atoms with van der Waals surface area (Å²) in [5, 5.41) is -0.0679. The van der Waals surface area contributed by atoms with E-state index >= 15 is 0 Å². The summed E-state index contributed by atoms with van der Waals surface area (Å²) in [6.07, 6.45) is 9.89. The number of methoxy groups -OCH3 is 1. The molecule has 2 amide bonds. The molecule has 2 aliphatic carbocycles. The first-order valence-corrected chi connectivity index (χ1v) is 22.5. The maximum atomic E-state index is 13.7. The zero-order chi connectivity index (χ0) is 39.4. The number of piperazine rings is 2. The van der Waals surface area contributed by atoms with E-state index < -0.39 is 26.8 Å². The van der Waals surface area contributed by atoms with Crippen LogP contribution < -0.4 is 14.4 Å². The number of anilines is 1. The Hall–Kier alpha value is -3.16. The highest BCUT2D eigenvalue weighted by Crippen LogP contribution is 2.49. The van der Waals surface area contributed by atoms with Crippen molar-refractivity contribution in [3.63, 3.8) is 0 Å². The van der Waals surface area contributed by atoms with Gasteiger partial charge < -0.3 is 19.3 Å². The molecule has 1 spiro atoms. The molecular formula is C43H58ClN5O6S. The number of nitrogens with zero attached hydrogens (tertiary/aromatic N) is 4. The second-order valence-corrected chi connectivity index (χ2v) is 20.1. The van der Waals surface area contributed by atoms with E-state index in [-0.39, 0.29) is 29.2 Å². The van der Waals surface area contributed by atoms with Gasteiger partial charge in [0.25, 0.3) is 5.91 Å². The van der Waals surface area contributed by atoms with Gasteiger partial charge in [-0.25, -0.2) is 13.1 Å². The summed E-state index contributed by atoms with van der Waals surface area (Å²) < 4.78 is 43.2. The zero-order valence-corrected chi connectivity index (χ0v) is 34.9. The van der Waals surface area contributed by atoms with Crippen LogP contribution in [0.2, 0.25) is 5.02 Å². The third kappa shape index (κ3) is 7.49. The Kier molecular flexibility index (Phi) is 11.0. The van der Waals surface area contributed by atoms with Gasteiger partial charge in [0.1, 0.15) is 11.4 Å². The van der Waals surface area contributed by atoms with Crippen molar-refractivity contribution < 1.29 is 27.5 Å². The summed E-state index contributed by atoms with van der Waals surface area (Å²) in [4.78, 5) is 35.5. The summed E-state index contributed by atoms with van der Waals surface area (Å²) >= 11 is 6.52. The lowest BCUT2D eigenvalue weighted by molar-refractivity contribution is -0.134. The largest absolute Gasteiger partial charge is 0.490 e. The number of sulfonamides is 1. The molecule has 4 aliphatic heterocycles. The van der Waals surface area contributed by atoms with E-state index in [4.69, 9.17) is 21.1 Å². The lowest BCUT2D eigenvalue weighted by atomic mass is 9.63. The molecule has 7 atom stereocenters. The molecule has 0 aromatic heterocycles. The summed E-state index contributed by atoms with van der Waals surface area (Å²) in [5.74, 6) is 0.452. The molecule has 2 bridgehead atoms. The Morgan fingerprint density at radius 2 is 1.88 bits per heavy atom. The van der Waals surface area contributed by atoms with E-state index in [1.54, 1.807) is 19.9 Å². The van der Waals surface area contributed by atoms with Crippen LogP contribution >= 0.6 is 11.6 Å². The predicted octanol–water partition coefficient (Wildman–Crippen LogP) is 5.12. The monoisotopic (exact) mass is 807 g/mol. The number of hydrogen-bond donors (Lipinski definition) is 1. The topological polar surface area (TPSA) is 112 Å². The van der Waals surface area contributed by atoms with E-state index in [9.17, 15) is 18.0 Å². The van der Waals surface area contributed by atoms with Gasteiger partial charge in [0, 0.05) is 95.0 Å². The van der Waals surface area contributed by atoms with Crippen molar-refractivity contribution in [2.24, 2.45) is 17.8 Å². The molecule has 2 aromatic rings. The molecule has 11 nitrogen and oxygen atoms in total. The molecular weight excluding hydrogens is 750 g/mol. The number of hydrogen-bond acceptors (Lipinski definition) is 9. The fourth-order valence-electron chi connectivity index (χ4n) is 10.6. The lowest BCUT2D eigenvalue weighted by Gasteiger charge is -2.53. The van der Waals surface area contributed by atoms with Crippen molar-refractivity contribution in [2.45, 2.75) is 81.6 Å². The molecule has 1 saturated carbocycles. The van der Waals surface area contributed by atoms with Crippen molar-refractivity contribution in [2.75, 3.05) is 77.5 Å². The average Bonchev–Trinajstić information content (AvgIpc) is 3.31. The minimum absolute atomic E-state index is 0.132. The number of nitrogens with one attached hydrogen (secondary N) is 1. The van der Waals surface area contributed by atoms with Crippen LogP contribution in [0.1, 0.15) is 74.4 Å². The highest BCUT2D eigenvalue weighted by Gasteiger charge is 2.50. The summed E-state index contributed by atoms with van der Waals surface area (Å²) in [7, 11) is -2.15. The fourth-order valence-corrected chi connectivity index (χ4v) is 12.1. The van der Waals surface area contributed by atoms with Crippen molar-refractivity contribution >= 4 is 39.1 Å². The van der Waals surface area contributed by atoms with Gasteiger partial charge in [-0.1, -0.05) is 36.7 Å². The van der Waals surface area contributed by atoms with Gasteiger partial charge in [-0.2, -0.15) is 0 Å². The minimum Gasteiger partial charge on any atom is -0.490 e. The first-order valence-electron chi connectivity index (χ1n) is 20.6. The van der Waals surface area contributed by atoms with E-state index in [0.29, 0.717) is 43.3 Å². The Morgan fingerprint density at radius 3 is 2.64 bits per heavy atom. The standard InChI is InChI=1S/C43H58ClN5O6S/c1-29-7-5-16-43(54-4,27-46-17-18-47-19-20-48(31(3)50)25-36(47)24-46)38-12-9-34(38)23-49-26-42(15-6-8-32-21-35(44)11-13-37(32)42)28-55-40-14-10-33(22-39(40)49)41(51)45-56(52,53)30(29)2/h5,10-11,13-14,16,21-22,29-30,34,36,38H,6-9,12,15,17-20,23-28H2,1-4H3,(H,45,51)/b16-5-/t29-,30+,34-,36-,38+,42-,43-/m0/s1. The number of carbonyl (C=O) groups is 2. The second kappa shape index (κ2) is 15.5. The van der Waals surface area contributed by atoms with Crippen LogP contribution in [-0.4, -0.2) is 124 Å². The van der Waals surface area contributed by atoms with Crippen LogP contribution in [0.5, 0.6) is 5.75 Å². The molecule has 2 aromatic carbocycles. The first kappa shape index (κ1) is 39.7. The second-order valence-electron chi connectivity index (χ2n) is 17.6. The molecule has 0 radical (unpaired) electrons. The van der Waals surface area contributed by atoms with Gasteiger partial charge in [-0.05, 0) is 105 Å². The molecule has 56 heavy (non-hydrogen) atoms. The SMILES string of the molecule is CO[C@]1(CN2CCN3CCN(C(C)=O)C[C@@H]3C2)/C=C\C[C@H](C)[C@@H](C)S(=O)(=O)NC(=O)c2ccc3c(c2)N(C[C@@H]2CC[C@H]21)C[C@@]1(CCCc2cc(Cl)ccc21)CO3. The maximum Gasteiger partial charge on any atom is 0.264 e. The van der Waals surface area contributed by atoms with Crippen molar-refractivity contribution in [1.29, 1.82) is 0 Å². The number of rotatable bonds is 3. The molecule has 4 heterocycles. The molecule has 3 fully saturated rings. The number of aryl methyl sites for hydroxylation is 1. The van der Waals surface area contributed by atoms with Gasteiger partial charge in [-0.3, -0.25) is 19.4 Å². The normalized spacial score (nSPS) is 34.2. The van der Waals surface area contributed by atoms with Crippen molar-refractivity contribution in [3.8, 4) is 5.75 Å². The van der Waals surface area contributed by atoms with Crippen molar-refractivity contribution in [1.82, 2.24) is 19.4 Å². The van der Waals surface area contributed by atoms with Crippen LogP contribution in [0.3, 0.4) is 0 Å².